The lowest BCUT2D eigenvalue weighted by Gasteiger charge is -2.21. The fourth-order valence-electron chi connectivity index (χ4n) is 5.65. The summed E-state index contributed by atoms with van der Waals surface area (Å²) >= 11 is 12.2. The van der Waals surface area contributed by atoms with Crippen LogP contribution in [0, 0.1) is 5.92 Å². The quantitative estimate of drug-likeness (QED) is 0.231. The van der Waals surface area contributed by atoms with Crippen molar-refractivity contribution in [2.75, 3.05) is 25.5 Å². The van der Waals surface area contributed by atoms with Gasteiger partial charge in [-0.15, -0.1) is 0 Å². The van der Waals surface area contributed by atoms with Crippen LogP contribution in [0.1, 0.15) is 56.8 Å². The molecule has 2 atom stereocenters. The Bertz CT molecular complexity index is 1320. The Labute approximate surface area is 221 Å². The number of aryl methyl sites for hydroxylation is 1. The molecule has 2 N–H and O–H groups in total. The molecule has 0 saturated heterocycles. The van der Waals surface area contributed by atoms with Gasteiger partial charge in [0.1, 0.15) is 23.6 Å². The third kappa shape index (κ3) is 5.20. The Balaban J connectivity index is 0.975. The first-order valence-corrected chi connectivity index (χ1v) is 13.9. The van der Waals surface area contributed by atoms with Crippen molar-refractivity contribution in [3.05, 3.63) is 46.6 Å². The molecule has 3 aromatic heterocycles. The van der Waals surface area contributed by atoms with Gasteiger partial charge in [0.05, 0.1) is 26.5 Å². The van der Waals surface area contributed by atoms with E-state index < -0.39 is 0 Å². The average Bonchev–Trinajstić information content (AvgIpc) is 3.22. The second-order valence-electron chi connectivity index (χ2n) is 10.6. The molecule has 3 heterocycles. The molecule has 2 saturated carbocycles. The zero-order valence-electron chi connectivity index (χ0n) is 20.7. The summed E-state index contributed by atoms with van der Waals surface area (Å²) < 4.78 is 2.39. The van der Waals surface area contributed by atoms with E-state index in [4.69, 9.17) is 23.2 Å². The Hall–Kier alpha value is -2.35. The lowest BCUT2D eigenvalue weighted by atomic mass is 10.1. The highest BCUT2D eigenvalue weighted by molar-refractivity contribution is 6.42. The normalized spacial score (nSPS) is 20.2. The molecule has 1 unspecified atom stereocenters. The van der Waals surface area contributed by atoms with Crippen LogP contribution >= 0.6 is 23.2 Å². The van der Waals surface area contributed by atoms with Crippen molar-refractivity contribution in [3.63, 3.8) is 0 Å². The summed E-state index contributed by atoms with van der Waals surface area (Å²) in [5.74, 6) is 2.72. The van der Waals surface area contributed by atoms with Gasteiger partial charge in [0.2, 0.25) is 0 Å². The predicted molar refractivity (Wildman–Crippen MR) is 147 cm³/mol. The van der Waals surface area contributed by atoms with E-state index in [0.29, 0.717) is 22.1 Å². The molecule has 190 valence electrons. The van der Waals surface area contributed by atoms with Crippen LogP contribution in [0.3, 0.4) is 0 Å². The topological polar surface area (TPSA) is 74.7 Å². The molecule has 0 amide bonds. The van der Waals surface area contributed by atoms with Crippen molar-refractivity contribution >= 4 is 51.1 Å². The van der Waals surface area contributed by atoms with E-state index in [0.717, 1.165) is 72.0 Å². The van der Waals surface area contributed by atoms with Gasteiger partial charge >= 0.3 is 0 Å². The molecular weight excluding hydrogens is 493 g/mol. The number of H-pyrrole nitrogens is 1. The summed E-state index contributed by atoms with van der Waals surface area (Å²) in [7, 11) is 2.26. The predicted octanol–water partition coefficient (Wildman–Crippen LogP) is 6.48. The number of imidazole rings is 1. The minimum atomic E-state index is 0.527. The number of hydrogen-bond acceptors (Lipinski definition) is 5. The minimum Gasteiger partial charge on any atom is -0.367 e. The summed E-state index contributed by atoms with van der Waals surface area (Å²) in [5.41, 5.74) is 2.90. The van der Waals surface area contributed by atoms with Crippen LogP contribution < -0.4 is 5.32 Å². The minimum absolute atomic E-state index is 0.527. The summed E-state index contributed by atoms with van der Waals surface area (Å²) in [6.07, 6.45) is 13.3. The number of benzene rings is 1. The van der Waals surface area contributed by atoms with Gasteiger partial charge in [-0.3, -0.25) is 0 Å². The van der Waals surface area contributed by atoms with Crippen molar-refractivity contribution in [2.24, 2.45) is 5.92 Å². The molecule has 1 aromatic carbocycles. The average molecular weight is 527 g/mol. The van der Waals surface area contributed by atoms with Crippen molar-refractivity contribution in [3.8, 4) is 0 Å². The van der Waals surface area contributed by atoms with E-state index >= 15 is 0 Å². The molecule has 2 aliphatic rings. The third-order valence-corrected chi connectivity index (χ3v) is 8.40. The van der Waals surface area contributed by atoms with Crippen LogP contribution in [0.25, 0.3) is 22.1 Å². The van der Waals surface area contributed by atoms with Crippen LogP contribution in [0.15, 0.2) is 30.7 Å². The molecule has 4 aromatic rings. The number of hydrogen-bond donors (Lipinski definition) is 2. The Kier molecular flexibility index (Phi) is 6.80. The number of rotatable bonds is 10. The second kappa shape index (κ2) is 10.2. The largest absolute Gasteiger partial charge is 0.367 e. The van der Waals surface area contributed by atoms with Crippen LogP contribution in [0.5, 0.6) is 0 Å². The molecule has 0 spiro atoms. The first-order chi connectivity index (χ1) is 17.5. The summed E-state index contributed by atoms with van der Waals surface area (Å²) in [6.45, 7) is 2.26. The summed E-state index contributed by atoms with van der Waals surface area (Å²) in [6, 6.07) is 6.99. The fraction of sp³-hybridized carbons (Fsp3) is 0.519. The maximum atomic E-state index is 6.12. The van der Waals surface area contributed by atoms with E-state index in [1.807, 2.05) is 12.1 Å². The number of anilines is 1. The number of nitrogens with zero attached hydrogens (tertiary/aromatic N) is 5. The second-order valence-corrected chi connectivity index (χ2v) is 11.4. The molecule has 36 heavy (non-hydrogen) atoms. The van der Waals surface area contributed by atoms with Crippen LogP contribution in [-0.4, -0.2) is 55.6 Å². The summed E-state index contributed by atoms with van der Waals surface area (Å²) in [5, 5.41) is 5.82. The maximum Gasteiger partial charge on any atom is 0.145 e. The number of fused-ring (bicyclic) bond motifs is 2. The van der Waals surface area contributed by atoms with Crippen LogP contribution in [0.4, 0.5) is 5.82 Å². The highest BCUT2D eigenvalue weighted by Gasteiger charge is 2.28. The first-order valence-electron chi connectivity index (χ1n) is 13.1. The lowest BCUT2D eigenvalue weighted by Crippen LogP contribution is -2.26. The fourth-order valence-corrected chi connectivity index (χ4v) is 5.97. The monoisotopic (exact) mass is 525 g/mol. The molecular formula is C27H33Cl2N7. The van der Waals surface area contributed by atoms with Gasteiger partial charge in [0, 0.05) is 31.2 Å². The van der Waals surface area contributed by atoms with Gasteiger partial charge in [-0.05, 0) is 82.7 Å². The molecule has 6 rings (SSSR count). The van der Waals surface area contributed by atoms with E-state index in [2.05, 4.69) is 54.0 Å². The van der Waals surface area contributed by atoms with E-state index in [1.165, 1.54) is 32.1 Å². The highest BCUT2D eigenvalue weighted by Crippen LogP contribution is 2.38. The van der Waals surface area contributed by atoms with Gasteiger partial charge in [-0.2, -0.15) is 0 Å². The zero-order valence-corrected chi connectivity index (χ0v) is 22.2. The van der Waals surface area contributed by atoms with Crippen molar-refractivity contribution < 1.29 is 0 Å². The van der Waals surface area contributed by atoms with E-state index in [1.54, 1.807) is 6.33 Å². The SMILES string of the molecule is CN(CCCCc1nc2cc(Cl)c(Cl)cc2[nH]1)CC1CC[C@H](n2ccc3c(NC4CC4)ncnc32)C1. The van der Waals surface area contributed by atoms with Crippen molar-refractivity contribution in [1.29, 1.82) is 0 Å². The Morgan fingerprint density at radius 1 is 1.11 bits per heavy atom. The molecule has 2 aliphatic carbocycles. The van der Waals surface area contributed by atoms with E-state index in [9.17, 15) is 0 Å². The molecule has 0 radical (unpaired) electrons. The number of unbranched alkanes of at least 4 members (excludes halogenated alkanes) is 1. The van der Waals surface area contributed by atoms with Crippen molar-refractivity contribution in [2.45, 2.75) is 63.5 Å². The zero-order chi connectivity index (χ0) is 24.6. The van der Waals surface area contributed by atoms with Gasteiger partial charge in [0.15, 0.2) is 0 Å². The van der Waals surface area contributed by atoms with Gasteiger partial charge in [-0.1, -0.05) is 23.2 Å². The molecule has 7 nitrogen and oxygen atoms in total. The van der Waals surface area contributed by atoms with E-state index in [-0.39, 0.29) is 0 Å². The molecule has 9 heteroatoms. The number of halogens is 2. The van der Waals surface area contributed by atoms with Crippen LogP contribution in [-0.2, 0) is 6.42 Å². The van der Waals surface area contributed by atoms with Crippen molar-refractivity contribution in [1.82, 2.24) is 29.4 Å². The van der Waals surface area contributed by atoms with Gasteiger partial charge < -0.3 is 19.8 Å². The number of aromatic amines is 1. The standard InChI is InChI=1S/C27H33Cl2N7/c1-35(10-3-2-4-25-33-23-13-21(28)22(29)14-24(23)34-25)15-17-5-8-19(12-17)36-11-9-20-26(32-18-6-7-18)30-16-31-27(20)36/h9,11,13-14,16-19H,2-8,10,12,15H2,1H3,(H,33,34)(H,30,31,32)/t17?,19-/m0/s1. The third-order valence-electron chi connectivity index (χ3n) is 7.68. The highest BCUT2D eigenvalue weighted by atomic mass is 35.5. The lowest BCUT2D eigenvalue weighted by molar-refractivity contribution is 0.269. The summed E-state index contributed by atoms with van der Waals surface area (Å²) in [4.78, 5) is 19.7. The Morgan fingerprint density at radius 3 is 2.83 bits per heavy atom. The molecule has 0 bridgehead atoms. The first kappa shape index (κ1) is 24.0. The smallest absolute Gasteiger partial charge is 0.145 e. The number of aromatic nitrogens is 5. The number of nitrogens with one attached hydrogen (secondary N) is 2. The van der Waals surface area contributed by atoms with Gasteiger partial charge in [0.25, 0.3) is 0 Å². The molecule has 0 aliphatic heterocycles. The van der Waals surface area contributed by atoms with Gasteiger partial charge in [-0.25, -0.2) is 15.0 Å². The van der Waals surface area contributed by atoms with Crippen LogP contribution in [0.2, 0.25) is 10.0 Å². The Morgan fingerprint density at radius 2 is 1.97 bits per heavy atom. The maximum absolute atomic E-state index is 6.12. The molecule has 2 fully saturated rings.